The standard InChI is InChI=1S/C20H30N2O3S/c23-20(12-11-18-7-3-1-4-8-18)21-13-15-22(16-14-21)26(24,25)17-19-9-5-2-6-10-19/h2,5-6,9-10,18H,1,3-4,7-8,11-17H2. The van der Waals surface area contributed by atoms with E-state index < -0.39 is 10.0 Å². The van der Waals surface area contributed by atoms with Gasteiger partial charge < -0.3 is 4.90 Å². The highest BCUT2D eigenvalue weighted by Crippen LogP contribution is 2.27. The second kappa shape index (κ2) is 9.00. The van der Waals surface area contributed by atoms with E-state index in [1.807, 2.05) is 35.2 Å². The normalized spacial score (nSPS) is 20.2. The van der Waals surface area contributed by atoms with Crippen molar-refractivity contribution in [3.63, 3.8) is 0 Å². The largest absolute Gasteiger partial charge is 0.340 e. The highest BCUT2D eigenvalue weighted by Gasteiger charge is 2.29. The van der Waals surface area contributed by atoms with Gasteiger partial charge in [-0.15, -0.1) is 0 Å². The summed E-state index contributed by atoms with van der Waals surface area (Å²) in [5.41, 5.74) is 0.804. The number of amides is 1. The van der Waals surface area contributed by atoms with Gasteiger partial charge in [-0.05, 0) is 17.9 Å². The van der Waals surface area contributed by atoms with Crippen LogP contribution in [0.1, 0.15) is 50.5 Å². The van der Waals surface area contributed by atoms with Crippen molar-refractivity contribution in [2.75, 3.05) is 26.2 Å². The van der Waals surface area contributed by atoms with E-state index in [0.717, 1.165) is 12.0 Å². The smallest absolute Gasteiger partial charge is 0.222 e. The van der Waals surface area contributed by atoms with Gasteiger partial charge in [0, 0.05) is 32.6 Å². The minimum absolute atomic E-state index is 0.0312. The summed E-state index contributed by atoms with van der Waals surface area (Å²) < 4.78 is 26.7. The van der Waals surface area contributed by atoms with Crippen LogP contribution in [-0.2, 0) is 20.6 Å². The topological polar surface area (TPSA) is 57.7 Å². The van der Waals surface area contributed by atoms with Crippen molar-refractivity contribution >= 4 is 15.9 Å². The molecule has 1 aromatic rings. The Hall–Kier alpha value is -1.40. The minimum atomic E-state index is -3.32. The summed E-state index contributed by atoms with van der Waals surface area (Å²) in [4.78, 5) is 14.3. The van der Waals surface area contributed by atoms with Crippen LogP contribution in [0.3, 0.4) is 0 Å². The average Bonchev–Trinajstić information content (AvgIpc) is 2.67. The second-order valence-corrected chi connectivity index (χ2v) is 9.53. The molecule has 26 heavy (non-hydrogen) atoms. The minimum Gasteiger partial charge on any atom is -0.340 e. The van der Waals surface area contributed by atoms with E-state index in [9.17, 15) is 13.2 Å². The monoisotopic (exact) mass is 378 g/mol. The zero-order chi connectivity index (χ0) is 18.4. The summed E-state index contributed by atoms with van der Waals surface area (Å²) in [5, 5.41) is 0. The Morgan fingerprint density at radius 1 is 0.962 bits per heavy atom. The average molecular weight is 379 g/mol. The van der Waals surface area contributed by atoms with Crippen molar-refractivity contribution in [2.45, 2.75) is 50.7 Å². The number of hydrogen-bond donors (Lipinski definition) is 0. The van der Waals surface area contributed by atoms with E-state index in [4.69, 9.17) is 0 Å². The number of nitrogens with zero attached hydrogens (tertiary/aromatic N) is 2. The molecule has 0 radical (unpaired) electrons. The Kier molecular flexibility index (Phi) is 6.70. The first kappa shape index (κ1) is 19.4. The fourth-order valence-corrected chi connectivity index (χ4v) is 5.57. The highest BCUT2D eigenvalue weighted by molar-refractivity contribution is 7.88. The maximum atomic E-state index is 12.6. The first-order valence-corrected chi connectivity index (χ1v) is 11.4. The molecule has 1 aliphatic heterocycles. The first-order valence-electron chi connectivity index (χ1n) is 9.84. The number of benzene rings is 1. The Morgan fingerprint density at radius 2 is 1.62 bits per heavy atom. The fourth-order valence-electron chi connectivity index (χ4n) is 4.05. The van der Waals surface area contributed by atoms with E-state index in [1.54, 1.807) is 0 Å². The van der Waals surface area contributed by atoms with Crippen LogP contribution < -0.4 is 0 Å². The number of rotatable bonds is 6. The van der Waals surface area contributed by atoms with Gasteiger partial charge in [-0.25, -0.2) is 8.42 Å². The number of piperazine rings is 1. The summed E-state index contributed by atoms with van der Waals surface area (Å²) in [7, 11) is -3.32. The van der Waals surface area contributed by atoms with E-state index in [-0.39, 0.29) is 11.7 Å². The lowest BCUT2D eigenvalue weighted by Gasteiger charge is -2.34. The van der Waals surface area contributed by atoms with Gasteiger partial charge >= 0.3 is 0 Å². The van der Waals surface area contributed by atoms with Crippen LogP contribution in [0.5, 0.6) is 0 Å². The molecular formula is C20H30N2O3S. The van der Waals surface area contributed by atoms with E-state index >= 15 is 0 Å². The summed E-state index contributed by atoms with van der Waals surface area (Å²) >= 11 is 0. The van der Waals surface area contributed by atoms with Gasteiger partial charge in [-0.1, -0.05) is 62.4 Å². The molecule has 0 unspecified atom stereocenters. The lowest BCUT2D eigenvalue weighted by molar-refractivity contribution is -0.132. The van der Waals surface area contributed by atoms with Crippen LogP contribution in [0.15, 0.2) is 30.3 Å². The molecule has 0 N–H and O–H groups in total. The van der Waals surface area contributed by atoms with Crippen molar-refractivity contribution in [2.24, 2.45) is 5.92 Å². The van der Waals surface area contributed by atoms with Gasteiger partial charge in [0.15, 0.2) is 0 Å². The Balaban J connectivity index is 1.45. The predicted molar refractivity (Wildman–Crippen MR) is 103 cm³/mol. The molecule has 1 aromatic carbocycles. The van der Waals surface area contributed by atoms with E-state index in [2.05, 4.69) is 0 Å². The second-order valence-electron chi connectivity index (χ2n) is 7.56. The number of hydrogen-bond acceptors (Lipinski definition) is 3. The third-order valence-electron chi connectivity index (χ3n) is 5.67. The molecular weight excluding hydrogens is 348 g/mol. The van der Waals surface area contributed by atoms with Crippen molar-refractivity contribution < 1.29 is 13.2 Å². The molecule has 6 heteroatoms. The number of carbonyl (C=O) groups is 1. The van der Waals surface area contributed by atoms with Gasteiger partial charge in [0.1, 0.15) is 0 Å². The third kappa shape index (κ3) is 5.30. The molecule has 0 bridgehead atoms. The molecule has 2 fully saturated rings. The lowest BCUT2D eigenvalue weighted by atomic mass is 9.86. The summed E-state index contributed by atoms with van der Waals surface area (Å²) in [6.07, 6.45) is 8.07. The first-order chi connectivity index (χ1) is 12.5. The molecule has 1 aliphatic carbocycles. The molecule has 2 aliphatic rings. The lowest BCUT2D eigenvalue weighted by Crippen LogP contribution is -2.50. The number of carbonyl (C=O) groups excluding carboxylic acids is 1. The Morgan fingerprint density at radius 3 is 2.27 bits per heavy atom. The summed E-state index contributed by atoms with van der Waals surface area (Å²) in [5.74, 6) is 0.930. The van der Waals surface area contributed by atoms with Gasteiger partial charge in [0.05, 0.1) is 5.75 Å². The highest BCUT2D eigenvalue weighted by atomic mass is 32.2. The summed E-state index contributed by atoms with van der Waals surface area (Å²) in [6, 6.07) is 9.26. The van der Waals surface area contributed by atoms with Gasteiger partial charge in [-0.3, -0.25) is 4.79 Å². The molecule has 5 nitrogen and oxygen atoms in total. The van der Waals surface area contributed by atoms with Crippen molar-refractivity contribution in [3.8, 4) is 0 Å². The van der Waals surface area contributed by atoms with Crippen LogP contribution >= 0.6 is 0 Å². The van der Waals surface area contributed by atoms with Gasteiger partial charge in [-0.2, -0.15) is 4.31 Å². The third-order valence-corrected chi connectivity index (χ3v) is 7.52. The van der Waals surface area contributed by atoms with Crippen LogP contribution in [0.2, 0.25) is 0 Å². The van der Waals surface area contributed by atoms with Crippen LogP contribution in [0.25, 0.3) is 0 Å². The van der Waals surface area contributed by atoms with Gasteiger partial charge in [0.25, 0.3) is 0 Å². The molecule has 1 heterocycles. The van der Waals surface area contributed by atoms with Crippen molar-refractivity contribution in [1.82, 2.24) is 9.21 Å². The van der Waals surface area contributed by atoms with Crippen LogP contribution in [0, 0.1) is 5.92 Å². The molecule has 0 spiro atoms. The molecule has 1 saturated heterocycles. The SMILES string of the molecule is O=C(CCC1CCCCC1)N1CCN(S(=O)(=O)Cc2ccccc2)CC1. The van der Waals surface area contributed by atoms with E-state index in [0.29, 0.717) is 38.5 Å². The maximum Gasteiger partial charge on any atom is 0.222 e. The molecule has 0 aromatic heterocycles. The number of sulfonamides is 1. The van der Waals surface area contributed by atoms with Crippen LogP contribution in [-0.4, -0.2) is 49.7 Å². The molecule has 144 valence electrons. The zero-order valence-electron chi connectivity index (χ0n) is 15.5. The molecule has 0 atom stereocenters. The molecule has 3 rings (SSSR count). The quantitative estimate of drug-likeness (QED) is 0.764. The Bertz CT molecular complexity index is 676. The Labute approximate surface area is 157 Å². The van der Waals surface area contributed by atoms with Gasteiger partial charge in [0.2, 0.25) is 15.9 Å². The van der Waals surface area contributed by atoms with Crippen LogP contribution in [0.4, 0.5) is 0 Å². The van der Waals surface area contributed by atoms with Crippen molar-refractivity contribution in [3.05, 3.63) is 35.9 Å². The maximum absolute atomic E-state index is 12.6. The molecule has 1 saturated carbocycles. The summed E-state index contributed by atoms with van der Waals surface area (Å²) in [6.45, 7) is 1.84. The predicted octanol–water partition coefficient (Wildman–Crippen LogP) is 3.02. The molecule has 1 amide bonds. The van der Waals surface area contributed by atoms with E-state index in [1.165, 1.54) is 36.4 Å². The van der Waals surface area contributed by atoms with Crippen molar-refractivity contribution in [1.29, 1.82) is 0 Å². The zero-order valence-corrected chi connectivity index (χ0v) is 16.3. The fraction of sp³-hybridized carbons (Fsp3) is 0.650.